The van der Waals surface area contributed by atoms with Crippen LogP contribution in [0.3, 0.4) is 0 Å². The van der Waals surface area contributed by atoms with Crippen LogP contribution in [-0.2, 0) is 7.05 Å². The number of aryl methyl sites for hydroxylation is 1. The summed E-state index contributed by atoms with van der Waals surface area (Å²) in [5.74, 6) is -0.474. The third-order valence-corrected chi connectivity index (χ3v) is 2.78. The number of carbonyl (C=O) groups is 1. The van der Waals surface area contributed by atoms with Gasteiger partial charge in [-0.25, -0.2) is 4.98 Å². The summed E-state index contributed by atoms with van der Waals surface area (Å²) in [5, 5.41) is 4.99. The van der Waals surface area contributed by atoms with Gasteiger partial charge in [0.25, 0.3) is 0 Å². The lowest BCUT2D eigenvalue weighted by molar-refractivity contribution is 0.1000. The van der Waals surface area contributed by atoms with E-state index in [1.54, 1.807) is 16.9 Å². The maximum atomic E-state index is 11.1. The molecule has 6 nitrogen and oxygen atoms in total. The fourth-order valence-corrected chi connectivity index (χ4v) is 1.90. The first-order valence-electron chi connectivity index (χ1n) is 5.41. The van der Waals surface area contributed by atoms with Crippen molar-refractivity contribution in [2.45, 2.75) is 0 Å². The van der Waals surface area contributed by atoms with Crippen LogP contribution in [0.2, 0.25) is 0 Å². The largest absolute Gasteiger partial charge is 0.366 e. The molecular weight excluding hydrogens is 230 g/mol. The zero-order valence-corrected chi connectivity index (χ0v) is 9.74. The number of hydrogen-bond donors (Lipinski definition) is 1. The van der Waals surface area contributed by atoms with Crippen LogP contribution in [0.1, 0.15) is 10.4 Å². The molecule has 0 radical (unpaired) electrons. The highest BCUT2D eigenvalue weighted by molar-refractivity contribution is 5.96. The van der Waals surface area contributed by atoms with Crippen molar-refractivity contribution in [2.24, 2.45) is 12.8 Å². The Hall–Kier alpha value is -2.63. The molecule has 0 saturated heterocycles. The number of nitrogens with zero attached hydrogens (tertiary/aromatic N) is 4. The van der Waals surface area contributed by atoms with Gasteiger partial charge >= 0.3 is 0 Å². The molecule has 3 heterocycles. The monoisotopic (exact) mass is 241 g/mol. The van der Waals surface area contributed by atoms with Crippen molar-refractivity contribution in [1.82, 2.24) is 19.3 Å². The summed E-state index contributed by atoms with van der Waals surface area (Å²) in [6.45, 7) is 0. The minimum absolute atomic E-state index is 0.409. The predicted molar refractivity (Wildman–Crippen MR) is 66.4 cm³/mol. The van der Waals surface area contributed by atoms with Crippen LogP contribution in [0.4, 0.5) is 0 Å². The van der Waals surface area contributed by atoms with Crippen molar-refractivity contribution in [3.8, 4) is 5.69 Å². The number of pyridine rings is 1. The molecule has 0 spiro atoms. The Morgan fingerprint density at radius 2 is 2.22 bits per heavy atom. The number of carbonyl (C=O) groups excluding carboxylic acids is 1. The Kier molecular flexibility index (Phi) is 2.16. The molecule has 3 aromatic rings. The lowest BCUT2D eigenvalue weighted by Crippen LogP contribution is -2.11. The van der Waals surface area contributed by atoms with E-state index in [2.05, 4.69) is 10.1 Å². The molecular formula is C12H11N5O. The Morgan fingerprint density at radius 3 is 2.89 bits per heavy atom. The van der Waals surface area contributed by atoms with Crippen LogP contribution < -0.4 is 5.73 Å². The molecule has 90 valence electrons. The second-order valence-corrected chi connectivity index (χ2v) is 4.06. The molecule has 0 aliphatic rings. The molecule has 0 aliphatic heterocycles. The molecule has 3 aromatic heterocycles. The topological polar surface area (TPSA) is 78.7 Å². The van der Waals surface area contributed by atoms with E-state index in [0.717, 1.165) is 16.7 Å². The highest BCUT2D eigenvalue weighted by Crippen LogP contribution is 2.18. The van der Waals surface area contributed by atoms with E-state index < -0.39 is 5.91 Å². The lowest BCUT2D eigenvalue weighted by atomic mass is 10.2. The zero-order chi connectivity index (χ0) is 12.7. The van der Waals surface area contributed by atoms with E-state index >= 15 is 0 Å². The van der Waals surface area contributed by atoms with E-state index in [0.29, 0.717) is 5.56 Å². The highest BCUT2D eigenvalue weighted by atomic mass is 16.1. The van der Waals surface area contributed by atoms with Crippen molar-refractivity contribution in [3.05, 3.63) is 42.5 Å². The standard InChI is InChI=1S/C12H11N5O/c1-16-7-10(6-15-16)17-3-2-8-4-9(11(13)18)5-14-12(8)17/h2-7H,1H3,(H2,13,18). The van der Waals surface area contributed by atoms with Crippen LogP contribution in [-0.4, -0.2) is 25.2 Å². The summed E-state index contributed by atoms with van der Waals surface area (Å²) < 4.78 is 3.63. The number of amides is 1. The van der Waals surface area contributed by atoms with E-state index in [9.17, 15) is 4.79 Å². The van der Waals surface area contributed by atoms with Gasteiger partial charge in [-0.3, -0.25) is 14.0 Å². The first kappa shape index (κ1) is 10.5. The fraction of sp³-hybridized carbons (Fsp3) is 0.0833. The Balaban J connectivity index is 2.18. The summed E-state index contributed by atoms with van der Waals surface area (Å²) in [6.07, 6.45) is 7.02. The van der Waals surface area contributed by atoms with Gasteiger partial charge in [0, 0.05) is 31.0 Å². The van der Waals surface area contributed by atoms with Gasteiger partial charge in [-0.1, -0.05) is 0 Å². The summed E-state index contributed by atoms with van der Waals surface area (Å²) in [6, 6.07) is 3.62. The molecule has 0 atom stereocenters. The first-order valence-corrected chi connectivity index (χ1v) is 5.41. The number of primary amides is 1. The molecule has 6 heteroatoms. The quantitative estimate of drug-likeness (QED) is 0.722. The molecule has 0 bridgehead atoms. The number of fused-ring (bicyclic) bond motifs is 1. The van der Waals surface area contributed by atoms with Gasteiger partial charge in [0.05, 0.1) is 17.4 Å². The van der Waals surface area contributed by atoms with Gasteiger partial charge in [-0.2, -0.15) is 5.10 Å². The van der Waals surface area contributed by atoms with Crippen LogP contribution >= 0.6 is 0 Å². The van der Waals surface area contributed by atoms with Crippen molar-refractivity contribution in [2.75, 3.05) is 0 Å². The van der Waals surface area contributed by atoms with E-state index in [1.807, 2.05) is 30.1 Å². The number of rotatable bonds is 2. The molecule has 2 N–H and O–H groups in total. The van der Waals surface area contributed by atoms with E-state index in [-0.39, 0.29) is 0 Å². The molecule has 0 aromatic carbocycles. The SMILES string of the molecule is Cn1cc(-n2ccc3cc(C(N)=O)cnc32)cn1. The average molecular weight is 241 g/mol. The van der Waals surface area contributed by atoms with Gasteiger partial charge in [-0.05, 0) is 12.1 Å². The van der Waals surface area contributed by atoms with Gasteiger partial charge in [0.1, 0.15) is 5.65 Å². The Bertz CT molecular complexity index is 740. The molecule has 18 heavy (non-hydrogen) atoms. The minimum Gasteiger partial charge on any atom is -0.366 e. The van der Waals surface area contributed by atoms with Crippen molar-refractivity contribution in [3.63, 3.8) is 0 Å². The van der Waals surface area contributed by atoms with Gasteiger partial charge < -0.3 is 5.73 Å². The van der Waals surface area contributed by atoms with Gasteiger partial charge in [0.15, 0.2) is 0 Å². The van der Waals surface area contributed by atoms with Gasteiger partial charge in [0.2, 0.25) is 5.91 Å². The van der Waals surface area contributed by atoms with Crippen LogP contribution in [0, 0.1) is 0 Å². The minimum atomic E-state index is -0.474. The number of hydrogen-bond acceptors (Lipinski definition) is 3. The summed E-state index contributed by atoms with van der Waals surface area (Å²) in [5.41, 5.74) is 7.33. The van der Waals surface area contributed by atoms with Crippen LogP contribution in [0.15, 0.2) is 36.9 Å². The second kappa shape index (κ2) is 3.69. The summed E-state index contributed by atoms with van der Waals surface area (Å²) >= 11 is 0. The molecule has 0 aliphatic carbocycles. The molecule has 0 saturated carbocycles. The first-order chi connectivity index (χ1) is 8.65. The Morgan fingerprint density at radius 1 is 1.39 bits per heavy atom. The Labute approximate surface area is 103 Å². The second-order valence-electron chi connectivity index (χ2n) is 4.06. The number of nitrogens with two attached hydrogens (primary N) is 1. The van der Waals surface area contributed by atoms with Crippen molar-refractivity contribution >= 4 is 16.9 Å². The molecule has 1 amide bonds. The van der Waals surface area contributed by atoms with E-state index in [1.165, 1.54) is 6.20 Å². The van der Waals surface area contributed by atoms with Crippen molar-refractivity contribution < 1.29 is 4.79 Å². The van der Waals surface area contributed by atoms with Crippen molar-refractivity contribution in [1.29, 1.82) is 0 Å². The maximum Gasteiger partial charge on any atom is 0.250 e. The fourth-order valence-electron chi connectivity index (χ4n) is 1.90. The summed E-state index contributed by atoms with van der Waals surface area (Å²) in [4.78, 5) is 15.4. The molecule has 0 fully saturated rings. The third kappa shape index (κ3) is 1.55. The van der Waals surface area contributed by atoms with Gasteiger partial charge in [-0.15, -0.1) is 0 Å². The molecule has 0 unspecified atom stereocenters. The number of aromatic nitrogens is 4. The normalized spacial score (nSPS) is 10.9. The maximum absolute atomic E-state index is 11.1. The smallest absolute Gasteiger partial charge is 0.250 e. The summed E-state index contributed by atoms with van der Waals surface area (Å²) in [7, 11) is 1.85. The lowest BCUT2D eigenvalue weighted by Gasteiger charge is -2.01. The highest BCUT2D eigenvalue weighted by Gasteiger charge is 2.08. The van der Waals surface area contributed by atoms with Crippen LogP contribution in [0.5, 0.6) is 0 Å². The molecule has 3 rings (SSSR count). The predicted octanol–water partition coefficient (Wildman–Crippen LogP) is 0.858. The van der Waals surface area contributed by atoms with E-state index in [4.69, 9.17) is 5.73 Å². The average Bonchev–Trinajstić information content (AvgIpc) is 2.93. The third-order valence-electron chi connectivity index (χ3n) is 2.78. The zero-order valence-electron chi connectivity index (χ0n) is 9.74. The van der Waals surface area contributed by atoms with Crippen LogP contribution in [0.25, 0.3) is 16.7 Å².